The average molecular weight is 317 g/mol. The summed E-state index contributed by atoms with van der Waals surface area (Å²) in [6.07, 6.45) is 7.18. The number of rotatable bonds is 1. The molecule has 6 nitrogen and oxygen atoms in total. The number of nitrogens with zero attached hydrogens (tertiary/aromatic N) is 3. The van der Waals surface area contributed by atoms with E-state index in [2.05, 4.69) is 20.2 Å². The molecule has 1 aliphatic carbocycles. The second kappa shape index (κ2) is 5.91. The molecule has 0 bridgehead atoms. The van der Waals surface area contributed by atoms with Crippen molar-refractivity contribution in [1.29, 1.82) is 0 Å². The molecule has 4 N–H and O–H groups in total. The van der Waals surface area contributed by atoms with Gasteiger partial charge < -0.3 is 21.1 Å². The maximum atomic E-state index is 10.9. The molecule has 126 valence electrons. The van der Waals surface area contributed by atoms with Gasteiger partial charge in [0.2, 0.25) is 5.95 Å². The van der Waals surface area contributed by atoms with Gasteiger partial charge in [-0.2, -0.15) is 4.98 Å². The molecule has 1 aromatic heterocycles. The Morgan fingerprint density at radius 1 is 1.17 bits per heavy atom. The first-order chi connectivity index (χ1) is 11.2. The van der Waals surface area contributed by atoms with Gasteiger partial charge in [0.1, 0.15) is 5.82 Å². The van der Waals surface area contributed by atoms with Crippen molar-refractivity contribution >= 4 is 11.8 Å². The number of hydrogen-bond acceptors (Lipinski definition) is 6. The van der Waals surface area contributed by atoms with E-state index in [1.165, 1.54) is 12.0 Å². The standard InChI is InChI=1S/C17H27N5O/c18-16-20-14-5-9-19-8-4-13(14)15(21-16)22-10-7-17(23)6-2-1-3-12(17)11-22/h12,19,23H,1-11H2,(H2,18,20,21)/t12-,17-/m0/s1. The number of piperidine rings is 1. The highest BCUT2D eigenvalue weighted by Gasteiger charge is 2.43. The zero-order chi connectivity index (χ0) is 15.9. The Morgan fingerprint density at radius 2 is 2.04 bits per heavy atom. The maximum absolute atomic E-state index is 10.9. The summed E-state index contributed by atoms with van der Waals surface area (Å²) in [5, 5.41) is 14.3. The van der Waals surface area contributed by atoms with Crippen LogP contribution in [0.15, 0.2) is 0 Å². The summed E-state index contributed by atoms with van der Waals surface area (Å²) in [5.74, 6) is 1.76. The Bertz CT molecular complexity index is 593. The third-order valence-corrected chi connectivity index (χ3v) is 5.91. The van der Waals surface area contributed by atoms with Crippen molar-refractivity contribution in [1.82, 2.24) is 15.3 Å². The summed E-state index contributed by atoms with van der Waals surface area (Å²) in [6.45, 7) is 3.68. The van der Waals surface area contributed by atoms with E-state index < -0.39 is 5.60 Å². The smallest absolute Gasteiger partial charge is 0.222 e. The number of fused-ring (bicyclic) bond motifs is 2. The minimum absolute atomic E-state index is 0.362. The molecule has 0 aromatic carbocycles. The zero-order valence-corrected chi connectivity index (χ0v) is 13.7. The van der Waals surface area contributed by atoms with Crippen LogP contribution in [-0.2, 0) is 12.8 Å². The highest BCUT2D eigenvalue weighted by Crippen LogP contribution is 2.41. The third-order valence-electron chi connectivity index (χ3n) is 5.91. The number of hydrogen-bond donors (Lipinski definition) is 3. The van der Waals surface area contributed by atoms with Gasteiger partial charge in [-0.15, -0.1) is 0 Å². The first-order valence-corrected chi connectivity index (χ1v) is 8.99. The quantitative estimate of drug-likeness (QED) is 0.713. The van der Waals surface area contributed by atoms with Crippen LogP contribution in [0.25, 0.3) is 0 Å². The van der Waals surface area contributed by atoms with Gasteiger partial charge in [0.05, 0.1) is 11.3 Å². The van der Waals surface area contributed by atoms with Crippen LogP contribution in [0.2, 0.25) is 0 Å². The average Bonchev–Trinajstić information content (AvgIpc) is 2.78. The predicted molar refractivity (Wildman–Crippen MR) is 90.5 cm³/mol. The Morgan fingerprint density at radius 3 is 2.96 bits per heavy atom. The Hall–Kier alpha value is -1.40. The number of nitrogens with one attached hydrogen (secondary N) is 1. The summed E-state index contributed by atoms with van der Waals surface area (Å²) in [4.78, 5) is 11.4. The van der Waals surface area contributed by atoms with Crippen LogP contribution in [0.5, 0.6) is 0 Å². The molecular formula is C17H27N5O. The van der Waals surface area contributed by atoms with Gasteiger partial charge in [-0.05, 0) is 32.2 Å². The van der Waals surface area contributed by atoms with E-state index in [0.717, 1.165) is 76.2 Å². The van der Waals surface area contributed by atoms with Gasteiger partial charge in [0, 0.05) is 37.5 Å². The molecule has 3 heterocycles. The van der Waals surface area contributed by atoms with E-state index in [4.69, 9.17) is 5.73 Å². The molecule has 0 unspecified atom stereocenters. The lowest BCUT2D eigenvalue weighted by Gasteiger charge is -2.48. The van der Waals surface area contributed by atoms with Crippen molar-refractivity contribution in [3.8, 4) is 0 Å². The molecule has 3 aliphatic rings. The van der Waals surface area contributed by atoms with Gasteiger partial charge in [0.25, 0.3) is 0 Å². The highest BCUT2D eigenvalue weighted by atomic mass is 16.3. The molecule has 2 fully saturated rings. The van der Waals surface area contributed by atoms with Crippen LogP contribution in [0.3, 0.4) is 0 Å². The Balaban J connectivity index is 1.64. The summed E-state index contributed by atoms with van der Waals surface area (Å²) in [5.41, 5.74) is 7.88. The number of nitrogens with two attached hydrogens (primary N) is 1. The highest BCUT2D eigenvalue weighted by molar-refractivity contribution is 5.53. The number of anilines is 2. The molecule has 1 saturated carbocycles. The molecule has 1 saturated heterocycles. The fraction of sp³-hybridized carbons (Fsp3) is 0.765. The zero-order valence-electron chi connectivity index (χ0n) is 13.7. The molecule has 0 spiro atoms. The summed E-state index contributed by atoms with van der Waals surface area (Å²) >= 11 is 0. The van der Waals surface area contributed by atoms with E-state index in [-0.39, 0.29) is 0 Å². The molecule has 23 heavy (non-hydrogen) atoms. The minimum atomic E-state index is -0.453. The predicted octanol–water partition coefficient (Wildman–Crippen LogP) is 0.878. The van der Waals surface area contributed by atoms with Gasteiger partial charge in [0.15, 0.2) is 0 Å². The van der Waals surface area contributed by atoms with Crippen molar-refractivity contribution in [3.05, 3.63) is 11.3 Å². The molecule has 0 amide bonds. The SMILES string of the molecule is Nc1nc2c(c(N3CC[C@@]4(O)CCCC[C@H]4C3)n1)CCNCC2. The second-order valence-electron chi connectivity index (χ2n) is 7.32. The molecule has 2 aliphatic heterocycles. The van der Waals surface area contributed by atoms with E-state index in [1.807, 2.05) is 0 Å². The van der Waals surface area contributed by atoms with Gasteiger partial charge >= 0.3 is 0 Å². The summed E-state index contributed by atoms with van der Waals surface area (Å²) < 4.78 is 0. The van der Waals surface area contributed by atoms with E-state index >= 15 is 0 Å². The number of aromatic nitrogens is 2. The third kappa shape index (κ3) is 2.78. The van der Waals surface area contributed by atoms with Gasteiger partial charge in [-0.25, -0.2) is 4.98 Å². The lowest BCUT2D eigenvalue weighted by Crippen LogP contribution is -2.53. The normalized spacial score (nSPS) is 31.2. The monoisotopic (exact) mass is 317 g/mol. The minimum Gasteiger partial charge on any atom is -0.389 e. The van der Waals surface area contributed by atoms with E-state index in [9.17, 15) is 5.11 Å². The molecular weight excluding hydrogens is 290 g/mol. The van der Waals surface area contributed by atoms with E-state index in [1.54, 1.807) is 0 Å². The van der Waals surface area contributed by atoms with Gasteiger partial charge in [-0.3, -0.25) is 0 Å². The number of aliphatic hydroxyl groups is 1. The van der Waals surface area contributed by atoms with Crippen LogP contribution in [-0.4, -0.2) is 46.9 Å². The van der Waals surface area contributed by atoms with Crippen LogP contribution in [0.1, 0.15) is 43.4 Å². The summed E-state index contributed by atoms with van der Waals surface area (Å²) in [7, 11) is 0. The summed E-state index contributed by atoms with van der Waals surface area (Å²) in [6, 6.07) is 0. The molecule has 2 atom stereocenters. The molecule has 0 radical (unpaired) electrons. The molecule has 1 aromatic rings. The van der Waals surface area contributed by atoms with Crippen LogP contribution >= 0.6 is 0 Å². The molecule has 6 heteroatoms. The Kier molecular flexibility index (Phi) is 3.89. The first kappa shape index (κ1) is 15.1. The maximum Gasteiger partial charge on any atom is 0.222 e. The van der Waals surface area contributed by atoms with E-state index in [0.29, 0.717) is 11.9 Å². The van der Waals surface area contributed by atoms with Crippen molar-refractivity contribution in [2.24, 2.45) is 5.92 Å². The van der Waals surface area contributed by atoms with Gasteiger partial charge in [-0.1, -0.05) is 12.8 Å². The van der Waals surface area contributed by atoms with Crippen LogP contribution in [0, 0.1) is 5.92 Å². The topological polar surface area (TPSA) is 87.3 Å². The first-order valence-electron chi connectivity index (χ1n) is 8.99. The largest absolute Gasteiger partial charge is 0.389 e. The van der Waals surface area contributed by atoms with Crippen molar-refractivity contribution in [2.45, 2.75) is 50.5 Å². The second-order valence-corrected chi connectivity index (χ2v) is 7.32. The Labute approximate surface area is 137 Å². The van der Waals surface area contributed by atoms with Crippen LogP contribution in [0.4, 0.5) is 11.8 Å². The van der Waals surface area contributed by atoms with Crippen LogP contribution < -0.4 is 16.0 Å². The fourth-order valence-electron chi connectivity index (χ4n) is 4.57. The lowest BCUT2D eigenvalue weighted by molar-refractivity contribution is -0.0613. The molecule has 4 rings (SSSR count). The lowest BCUT2D eigenvalue weighted by atomic mass is 9.71. The fourth-order valence-corrected chi connectivity index (χ4v) is 4.57. The number of nitrogen functional groups attached to an aromatic ring is 1. The van der Waals surface area contributed by atoms with Crippen molar-refractivity contribution < 1.29 is 5.11 Å². The van der Waals surface area contributed by atoms with Crippen molar-refractivity contribution in [2.75, 3.05) is 36.8 Å². The van der Waals surface area contributed by atoms with Crippen molar-refractivity contribution in [3.63, 3.8) is 0 Å².